The van der Waals surface area contributed by atoms with E-state index in [0.29, 0.717) is 11.3 Å². The molecule has 27 heavy (non-hydrogen) atoms. The minimum absolute atomic E-state index is 0.202. The fraction of sp³-hybridized carbons (Fsp3) is 0.0909. The van der Waals surface area contributed by atoms with Crippen LogP contribution in [-0.4, -0.2) is 19.0 Å². The second kappa shape index (κ2) is 9.05. The highest BCUT2D eigenvalue weighted by molar-refractivity contribution is 8.00. The molecule has 0 aromatic heterocycles. The highest BCUT2D eigenvalue weighted by atomic mass is 32.2. The quantitative estimate of drug-likeness (QED) is 0.488. The second-order valence-corrected chi connectivity index (χ2v) is 6.93. The van der Waals surface area contributed by atoms with Crippen LogP contribution < -0.4 is 5.32 Å². The molecule has 4 nitrogen and oxygen atoms in total. The second-order valence-electron chi connectivity index (χ2n) is 5.75. The number of esters is 1. The molecule has 3 aromatic rings. The molecule has 0 fully saturated rings. The first kappa shape index (κ1) is 18.7. The van der Waals surface area contributed by atoms with Crippen LogP contribution in [0.2, 0.25) is 0 Å². The van der Waals surface area contributed by atoms with Crippen molar-refractivity contribution in [2.75, 3.05) is 12.4 Å². The summed E-state index contributed by atoms with van der Waals surface area (Å²) >= 11 is 1.46. The summed E-state index contributed by atoms with van der Waals surface area (Å²) < 4.78 is 4.80. The number of carbonyl (C=O) groups is 2. The zero-order chi connectivity index (χ0) is 19.1. The lowest BCUT2D eigenvalue weighted by Crippen LogP contribution is -2.20. The van der Waals surface area contributed by atoms with Gasteiger partial charge in [-0.25, -0.2) is 4.79 Å². The Bertz CT molecular complexity index is 913. The molecule has 0 aliphatic rings. The normalized spacial score (nSPS) is 11.4. The van der Waals surface area contributed by atoms with Crippen molar-refractivity contribution < 1.29 is 14.3 Å². The molecule has 0 unspecified atom stereocenters. The van der Waals surface area contributed by atoms with Crippen LogP contribution in [0.3, 0.4) is 0 Å². The Morgan fingerprint density at radius 3 is 2.11 bits per heavy atom. The average Bonchev–Trinajstić information content (AvgIpc) is 2.73. The van der Waals surface area contributed by atoms with Gasteiger partial charge < -0.3 is 10.1 Å². The number of nitrogens with one attached hydrogen (secondary N) is 1. The monoisotopic (exact) mass is 377 g/mol. The zero-order valence-electron chi connectivity index (χ0n) is 14.8. The van der Waals surface area contributed by atoms with Crippen molar-refractivity contribution in [3.8, 4) is 0 Å². The van der Waals surface area contributed by atoms with Gasteiger partial charge in [-0.3, -0.25) is 4.79 Å². The van der Waals surface area contributed by atoms with Crippen LogP contribution >= 0.6 is 11.8 Å². The number of ether oxygens (including phenoxy) is 1. The summed E-state index contributed by atoms with van der Waals surface area (Å²) in [6, 6.07) is 26.1. The number of hydrogen-bond donors (Lipinski definition) is 1. The number of anilines is 1. The van der Waals surface area contributed by atoms with E-state index < -0.39 is 11.2 Å². The number of benzene rings is 3. The van der Waals surface area contributed by atoms with Gasteiger partial charge in [0.25, 0.3) is 0 Å². The molecule has 136 valence electrons. The van der Waals surface area contributed by atoms with Crippen LogP contribution in [0.5, 0.6) is 0 Å². The lowest BCUT2D eigenvalue weighted by Gasteiger charge is -2.18. The van der Waals surface area contributed by atoms with E-state index in [1.807, 2.05) is 60.7 Å². The number of rotatable bonds is 6. The Labute approximate surface area is 162 Å². The highest BCUT2D eigenvalue weighted by Crippen LogP contribution is 2.36. The van der Waals surface area contributed by atoms with E-state index in [2.05, 4.69) is 5.32 Å². The topological polar surface area (TPSA) is 55.4 Å². The molecule has 5 heteroatoms. The predicted molar refractivity (Wildman–Crippen MR) is 108 cm³/mol. The van der Waals surface area contributed by atoms with E-state index in [-0.39, 0.29) is 5.91 Å². The SMILES string of the molecule is COC(=O)c1ccccc1NC(=O)[C@H](Sc1ccccc1)c1ccccc1. The van der Waals surface area contributed by atoms with Gasteiger partial charge in [-0.05, 0) is 29.8 Å². The van der Waals surface area contributed by atoms with Crippen molar-refractivity contribution in [3.05, 3.63) is 96.1 Å². The molecular weight excluding hydrogens is 358 g/mol. The van der Waals surface area contributed by atoms with E-state index in [1.54, 1.807) is 24.3 Å². The predicted octanol–water partition coefficient (Wildman–Crippen LogP) is 4.95. The van der Waals surface area contributed by atoms with Crippen LogP contribution in [-0.2, 0) is 9.53 Å². The maximum atomic E-state index is 13.1. The third kappa shape index (κ3) is 4.77. The Kier molecular flexibility index (Phi) is 6.28. The van der Waals surface area contributed by atoms with Crippen LogP contribution in [0.4, 0.5) is 5.69 Å². The molecule has 0 heterocycles. The molecule has 0 aliphatic heterocycles. The average molecular weight is 377 g/mol. The van der Waals surface area contributed by atoms with Crippen LogP contribution in [0.1, 0.15) is 21.2 Å². The fourth-order valence-electron chi connectivity index (χ4n) is 2.61. The first-order valence-electron chi connectivity index (χ1n) is 8.44. The van der Waals surface area contributed by atoms with E-state index in [0.717, 1.165) is 10.5 Å². The van der Waals surface area contributed by atoms with Crippen LogP contribution in [0, 0.1) is 0 Å². The van der Waals surface area contributed by atoms with Gasteiger partial charge in [-0.1, -0.05) is 60.7 Å². The minimum atomic E-state index is -0.488. The van der Waals surface area contributed by atoms with Crippen LogP contribution in [0.25, 0.3) is 0 Å². The number of amides is 1. The molecule has 1 N–H and O–H groups in total. The van der Waals surface area contributed by atoms with Gasteiger partial charge in [0.2, 0.25) is 5.91 Å². The smallest absolute Gasteiger partial charge is 0.339 e. The Morgan fingerprint density at radius 2 is 1.44 bits per heavy atom. The van der Waals surface area contributed by atoms with Gasteiger partial charge in [0, 0.05) is 4.90 Å². The molecule has 0 spiro atoms. The highest BCUT2D eigenvalue weighted by Gasteiger charge is 2.23. The Morgan fingerprint density at radius 1 is 0.852 bits per heavy atom. The third-order valence-corrected chi connectivity index (χ3v) is 5.19. The molecule has 0 bridgehead atoms. The fourth-order valence-corrected chi connectivity index (χ4v) is 3.66. The molecule has 0 saturated heterocycles. The van der Waals surface area contributed by atoms with Crippen molar-refractivity contribution in [1.82, 2.24) is 0 Å². The number of hydrogen-bond acceptors (Lipinski definition) is 4. The van der Waals surface area contributed by atoms with E-state index in [4.69, 9.17) is 4.74 Å². The number of methoxy groups -OCH3 is 1. The Hall–Kier alpha value is -3.05. The summed E-state index contributed by atoms with van der Waals surface area (Å²) in [6.07, 6.45) is 0. The standard InChI is InChI=1S/C22H19NO3S/c1-26-22(25)18-14-8-9-15-19(18)23-21(24)20(16-10-4-2-5-11-16)27-17-12-6-3-7-13-17/h2-15,20H,1H3,(H,23,24)/t20-/m1/s1. The first-order chi connectivity index (χ1) is 13.2. The Balaban J connectivity index is 1.89. The molecule has 3 aromatic carbocycles. The summed E-state index contributed by atoms with van der Waals surface area (Å²) in [5, 5.41) is 2.43. The van der Waals surface area contributed by atoms with Crippen molar-refractivity contribution in [3.63, 3.8) is 0 Å². The molecular formula is C22H19NO3S. The molecule has 0 saturated carbocycles. The van der Waals surface area contributed by atoms with Gasteiger partial charge in [0.05, 0.1) is 18.4 Å². The van der Waals surface area contributed by atoms with Crippen LogP contribution in [0.15, 0.2) is 89.8 Å². The zero-order valence-corrected chi connectivity index (χ0v) is 15.6. The lowest BCUT2D eigenvalue weighted by atomic mass is 10.1. The van der Waals surface area contributed by atoms with Gasteiger partial charge in [0.1, 0.15) is 5.25 Å². The van der Waals surface area contributed by atoms with E-state index in [1.165, 1.54) is 18.9 Å². The van der Waals surface area contributed by atoms with Gasteiger partial charge >= 0.3 is 5.97 Å². The largest absolute Gasteiger partial charge is 0.465 e. The molecule has 1 atom stereocenters. The summed E-state index contributed by atoms with van der Waals surface area (Å²) in [7, 11) is 1.32. The third-order valence-electron chi connectivity index (χ3n) is 3.93. The summed E-state index contributed by atoms with van der Waals surface area (Å²) in [5.74, 6) is -0.690. The molecule has 3 rings (SSSR count). The van der Waals surface area contributed by atoms with Crippen molar-refractivity contribution in [1.29, 1.82) is 0 Å². The molecule has 1 amide bonds. The first-order valence-corrected chi connectivity index (χ1v) is 9.32. The van der Waals surface area contributed by atoms with Crippen molar-refractivity contribution in [2.45, 2.75) is 10.1 Å². The van der Waals surface area contributed by atoms with Gasteiger partial charge in [0.15, 0.2) is 0 Å². The minimum Gasteiger partial charge on any atom is -0.465 e. The van der Waals surface area contributed by atoms with E-state index >= 15 is 0 Å². The lowest BCUT2D eigenvalue weighted by molar-refractivity contribution is -0.115. The summed E-state index contributed by atoms with van der Waals surface area (Å²) in [4.78, 5) is 26.1. The number of carbonyl (C=O) groups excluding carboxylic acids is 2. The summed E-state index contributed by atoms with van der Waals surface area (Å²) in [6.45, 7) is 0. The van der Waals surface area contributed by atoms with Crippen molar-refractivity contribution in [2.24, 2.45) is 0 Å². The maximum absolute atomic E-state index is 13.1. The molecule has 0 radical (unpaired) electrons. The van der Waals surface area contributed by atoms with Crippen molar-refractivity contribution >= 4 is 29.3 Å². The van der Waals surface area contributed by atoms with Gasteiger partial charge in [-0.15, -0.1) is 11.8 Å². The maximum Gasteiger partial charge on any atom is 0.339 e. The number of para-hydroxylation sites is 1. The van der Waals surface area contributed by atoms with E-state index in [9.17, 15) is 9.59 Å². The number of thioether (sulfide) groups is 1. The van der Waals surface area contributed by atoms with Gasteiger partial charge in [-0.2, -0.15) is 0 Å². The summed E-state index contributed by atoms with van der Waals surface area (Å²) in [5.41, 5.74) is 1.65. The molecule has 0 aliphatic carbocycles.